The van der Waals surface area contributed by atoms with Crippen LogP contribution in [0, 0.1) is 0 Å². The molecule has 16 heavy (non-hydrogen) atoms. The molecule has 1 N–H and O–H groups in total. The minimum absolute atomic E-state index is 0.0223. The van der Waals surface area contributed by atoms with E-state index in [-0.39, 0.29) is 19.2 Å². The molecule has 1 aromatic carbocycles. The van der Waals surface area contributed by atoms with Crippen molar-refractivity contribution in [3.63, 3.8) is 0 Å². The van der Waals surface area contributed by atoms with E-state index in [0.717, 1.165) is 11.1 Å². The molecule has 0 amide bonds. The predicted octanol–water partition coefficient (Wildman–Crippen LogP) is 2.40. The van der Waals surface area contributed by atoms with Crippen molar-refractivity contribution in [1.29, 1.82) is 0 Å². The molecule has 0 heterocycles. The van der Waals surface area contributed by atoms with Crippen molar-refractivity contribution in [3.05, 3.63) is 35.4 Å². The molecule has 0 fully saturated rings. The van der Waals surface area contributed by atoms with E-state index in [9.17, 15) is 4.79 Å². The quantitative estimate of drug-likeness (QED) is 0.683. The Morgan fingerprint density at radius 1 is 1.31 bits per heavy atom. The standard InChI is InChI=1S/C12H15BrO3/c1-12(2,13)11(15)16-8-10-5-3-9(7-14)4-6-10/h3-6,14H,7-8H2,1-2H3. The van der Waals surface area contributed by atoms with Gasteiger partial charge in [-0.3, -0.25) is 4.79 Å². The smallest absolute Gasteiger partial charge is 0.322 e. The van der Waals surface area contributed by atoms with Crippen molar-refractivity contribution in [2.75, 3.05) is 0 Å². The molecule has 0 spiro atoms. The number of esters is 1. The summed E-state index contributed by atoms with van der Waals surface area (Å²) in [6, 6.07) is 7.28. The van der Waals surface area contributed by atoms with E-state index in [0.29, 0.717) is 0 Å². The topological polar surface area (TPSA) is 46.5 Å². The second-order valence-electron chi connectivity index (χ2n) is 4.02. The molecular formula is C12H15BrO3. The Labute approximate surface area is 104 Å². The van der Waals surface area contributed by atoms with Gasteiger partial charge in [-0.25, -0.2) is 0 Å². The lowest BCUT2D eigenvalue weighted by atomic mass is 10.1. The van der Waals surface area contributed by atoms with Crippen LogP contribution in [0.15, 0.2) is 24.3 Å². The van der Waals surface area contributed by atoms with Gasteiger partial charge in [0.2, 0.25) is 0 Å². The molecule has 0 radical (unpaired) electrons. The Morgan fingerprint density at radius 3 is 2.25 bits per heavy atom. The van der Waals surface area contributed by atoms with Crippen LogP contribution in [0.4, 0.5) is 0 Å². The summed E-state index contributed by atoms with van der Waals surface area (Å²) in [6.45, 7) is 3.75. The number of ether oxygens (including phenoxy) is 1. The molecule has 0 unspecified atom stereocenters. The predicted molar refractivity (Wildman–Crippen MR) is 65.2 cm³/mol. The Bertz CT molecular complexity index is 352. The number of aliphatic hydroxyl groups excluding tert-OH is 1. The third kappa shape index (κ3) is 3.94. The van der Waals surface area contributed by atoms with Crippen LogP contribution >= 0.6 is 15.9 Å². The normalized spacial score (nSPS) is 11.2. The third-order valence-corrected chi connectivity index (χ3v) is 2.38. The lowest BCUT2D eigenvalue weighted by molar-refractivity contribution is -0.146. The summed E-state index contributed by atoms with van der Waals surface area (Å²) in [7, 11) is 0. The summed E-state index contributed by atoms with van der Waals surface area (Å²) in [5.41, 5.74) is 1.75. The first-order chi connectivity index (χ1) is 7.43. The summed E-state index contributed by atoms with van der Waals surface area (Å²) in [6.07, 6.45) is 0. The van der Waals surface area contributed by atoms with Gasteiger partial charge in [-0.2, -0.15) is 0 Å². The maximum absolute atomic E-state index is 11.5. The number of rotatable bonds is 4. The highest BCUT2D eigenvalue weighted by atomic mass is 79.9. The van der Waals surface area contributed by atoms with Crippen LogP contribution in [0.1, 0.15) is 25.0 Å². The van der Waals surface area contributed by atoms with Crippen LogP contribution in [0.5, 0.6) is 0 Å². The average Bonchev–Trinajstić information content (AvgIpc) is 2.25. The SMILES string of the molecule is CC(C)(Br)C(=O)OCc1ccc(CO)cc1. The van der Waals surface area contributed by atoms with E-state index in [1.807, 2.05) is 24.3 Å². The Kier molecular flexibility index (Phi) is 4.50. The number of benzene rings is 1. The highest BCUT2D eigenvalue weighted by molar-refractivity contribution is 9.10. The molecule has 4 heteroatoms. The largest absolute Gasteiger partial charge is 0.460 e. The number of carbonyl (C=O) groups excluding carboxylic acids is 1. The van der Waals surface area contributed by atoms with E-state index >= 15 is 0 Å². The maximum Gasteiger partial charge on any atom is 0.322 e. The van der Waals surface area contributed by atoms with Crippen LogP contribution in [-0.4, -0.2) is 15.4 Å². The fourth-order valence-electron chi connectivity index (χ4n) is 1.06. The average molecular weight is 287 g/mol. The van der Waals surface area contributed by atoms with Crippen LogP contribution in [-0.2, 0) is 22.7 Å². The first-order valence-corrected chi connectivity index (χ1v) is 5.77. The van der Waals surface area contributed by atoms with Crippen LogP contribution in [0.25, 0.3) is 0 Å². The van der Waals surface area contributed by atoms with Crippen molar-refractivity contribution in [3.8, 4) is 0 Å². The van der Waals surface area contributed by atoms with Gasteiger partial charge in [0.25, 0.3) is 0 Å². The van der Waals surface area contributed by atoms with Gasteiger partial charge < -0.3 is 9.84 Å². The van der Waals surface area contributed by atoms with Gasteiger partial charge in [0, 0.05) is 0 Å². The number of aliphatic hydroxyl groups is 1. The van der Waals surface area contributed by atoms with Crippen molar-refractivity contribution >= 4 is 21.9 Å². The molecule has 0 saturated heterocycles. The summed E-state index contributed by atoms with van der Waals surface area (Å²) >= 11 is 3.23. The maximum atomic E-state index is 11.5. The Balaban J connectivity index is 2.52. The van der Waals surface area contributed by atoms with Crippen LogP contribution in [0.2, 0.25) is 0 Å². The molecule has 3 nitrogen and oxygen atoms in total. The van der Waals surface area contributed by atoms with Gasteiger partial charge in [-0.1, -0.05) is 40.2 Å². The lowest BCUT2D eigenvalue weighted by Gasteiger charge is -2.14. The summed E-state index contributed by atoms with van der Waals surface area (Å²) in [4.78, 5) is 11.5. The summed E-state index contributed by atoms with van der Waals surface area (Å²) < 4.78 is 4.46. The van der Waals surface area contributed by atoms with Gasteiger partial charge in [-0.15, -0.1) is 0 Å². The summed E-state index contributed by atoms with van der Waals surface area (Å²) in [5, 5.41) is 8.86. The zero-order valence-corrected chi connectivity index (χ0v) is 11.0. The molecule has 88 valence electrons. The Hall–Kier alpha value is -0.870. The van der Waals surface area contributed by atoms with E-state index in [2.05, 4.69) is 15.9 Å². The molecule has 0 aliphatic heterocycles. The molecule has 0 atom stereocenters. The van der Waals surface area contributed by atoms with Gasteiger partial charge in [-0.05, 0) is 25.0 Å². The molecule has 1 rings (SSSR count). The third-order valence-electron chi connectivity index (χ3n) is 2.06. The second kappa shape index (κ2) is 5.46. The van der Waals surface area contributed by atoms with E-state index < -0.39 is 4.32 Å². The zero-order chi connectivity index (χ0) is 12.2. The van der Waals surface area contributed by atoms with Gasteiger partial charge in [0.05, 0.1) is 6.61 Å². The molecule has 1 aromatic rings. The Morgan fingerprint density at radius 2 is 1.81 bits per heavy atom. The first kappa shape index (κ1) is 13.2. The number of halogens is 1. The van der Waals surface area contributed by atoms with Crippen molar-refractivity contribution < 1.29 is 14.6 Å². The van der Waals surface area contributed by atoms with E-state index in [1.54, 1.807) is 13.8 Å². The van der Waals surface area contributed by atoms with Gasteiger partial charge >= 0.3 is 5.97 Å². The lowest BCUT2D eigenvalue weighted by Crippen LogP contribution is -2.26. The highest BCUT2D eigenvalue weighted by Crippen LogP contribution is 2.18. The van der Waals surface area contributed by atoms with Crippen molar-refractivity contribution in [2.24, 2.45) is 0 Å². The van der Waals surface area contributed by atoms with Gasteiger partial charge in [0.15, 0.2) is 0 Å². The zero-order valence-electron chi connectivity index (χ0n) is 9.37. The minimum Gasteiger partial charge on any atom is -0.460 e. The molecule has 0 saturated carbocycles. The number of alkyl halides is 1. The van der Waals surface area contributed by atoms with Crippen LogP contribution in [0.3, 0.4) is 0 Å². The summed E-state index contributed by atoms with van der Waals surface area (Å²) in [5.74, 6) is -0.293. The fraction of sp³-hybridized carbons (Fsp3) is 0.417. The number of hydrogen-bond acceptors (Lipinski definition) is 3. The molecular weight excluding hydrogens is 272 g/mol. The molecule has 0 aliphatic carbocycles. The second-order valence-corrected chi connectivity index (χ2v) is 6.01. The van der Waals surface area contributed by atoms with Crippen molar-refractivity contribution in [2.45, 2.75) is 31.4 Å². The monoisotopic (exact) mass is 286 g/mol. The van der Waals surface area contributed by atoms with Crippen molar-refractivity contribution in [1.82, 2.24) is 0 Å². The first-order valence-electron chi connectivity index (χ1n) is 4.98. The number of hydrogen-bond donors (Lipinski definition) is 1. The van der Waals surface area contributed by atoms with E-state index in [1.165, 1.54) is 0 Å². The molecule has 0 bridgehead atoms. The fourth-order valence-corrected chi connectivity index (χ4v) is 1.18. The van der Waals surface area contributed by atoms with Gasteiger partial charge in [0.1, 0.15) is 10.9 Å². The van der Waals surface area contributed by atoms with Crippen LogP contribution < -0.4 is 0 Å². The number of carbonyl (C=O) groups is 1. The molecule has 0 aliphatic rings. The minimum atomic E-state index is -0.655. The molecule has 0 aromatic heterocycles. The highest BCUT2D eigenvalue weighted by Gasteiger charge is 2.25. The van der Waals surface area contributed by atoms with E-state index in [4.69, 9.17) is 9.84 Å².